The van der Waals surface area contributed by atoms with Crippen LogP contribution in [0.2, 0.25) is 10.0 Å². The summed E-state index contributed by atoms with van der Waals surface area (Å²) in [6.45, 7) is -0.272. The van der Waals surface area contributed by atoms with Gasteiger partial charge in [0, 0.05) is 5.56 Å². The van der Waals surface area contributed by atoms with E-state index in [0.717, 1.165) is 0 Å². The van der Waals surface area contributed by atoms with Crippen LogP contribution in [0.15, 0.2) is 18.2 Å². The summed E-state index contributed by atoms with van der Waals surface area (Å²) in [6, 6.07) is 3.66. The normalized spacial score (nSPS) is 11.5. The summed E-state index contributed by atoms with van der Waals surface area (Å²) >= 11 is 13.2. The van der Waals surface area contributed by atoms with Gasteiger partial charge in [0.1, 0.15) is 6.04 Å². The summed E-state index contributed by atoms with van der Waals surface area (Å²) in [7, 11) is 1.26. The topological polar surface area (TPSA) is 84.5 Å². The quantitative estimate of drug-likeness (QED) is 0.661. The number of rotatable bonds is 8. The molecule has 0 aliphatic heterocycles. The fourth-order valence-electron chi connectivity index (χ4n) is 1.77. The Morgan fingerprint density at radius 3 is 2.54 bits per heavy atom. The standard InChI is InChI=1S/C15H18Cl2N2O4S/c1-23-15(22)12(5-6-24-2)19-13(20)8-18-14(21)9-3-4-10(16)11(17)7-9/h3-4,7,12H,5-6,8H2,1-2H3,(H,18,21)(H,19,20)/t12-/m1/s1. The molecule has 0 saturated heterocycles. The van der Waals surface area contributed by atoms with E-state index in [1.54, 1.807) is 11.8 Å². The number of esters is 1. The Morgan fingerprint density at radius 1 is 1.25 bits per heavy atom. The smallest absolute Gasteiger partial charge is 0.328 e. The van der Waals surface area contributed by atoms with Crippen LogP contribution in [-0.2, 0) is 14.3 Å². The maximum Gasteiger partial charge on any atom is 0.328 e. The van der Waals surface area contributed by atoms with Gasteiger partial charge in [0.05, 0.1) is 23.7 Å². The maximum atomic E-state index is 12.0. The molecule has 1 atom stereocenters. The van der Waals surface area contributed by atoms with Crippen LogP contribution in [0.3, 0.4) is 0 Å². The van der Waals surface area contributed by atoms with Gasteiger partial charge < -0.3 is 15.4 Å². The Morgan fingerprint density at radius 2 is 1.96 bits per heavy atom. The van der Waals surface area contributed by atoms with Gasteiger partial charge in [0.2, 0.25) is 5.91 Å². The van der Waals surface area contributed by atoms with E-state index in [4.69, 9.17) is 23.2 Å². The first-order valence-corrected chi connectivity index (χ1v) is 9.13. The predicted octanol–water partition coefficient (Wildman–Crippen LogP) is 2.13. The number of hydrogen-bond donors (Lipinski definition) is 2. The lowest BCUT2D eigenvalue weighted by Crippen LogP contribution is -2.46. The predicted molar refractivity (Wildman–Crippen MR) is 95.7 cm³/mol. The van der Waals surface area contributed by atoms with Crippen LogP contribution in [0, 0.1) is 0 Å². The second-order valence-corrected chi connectivity index (χ2v) is 6.54. The summed E-state index contributed by atoms with van der Waals surface area (Å²) < 4.78 is 4.65. The van der Waals surface area contributed by atoms with Crippen molar-refractivity contribution in [2.24, 2.45) is 0 Å². The molecule has 0 bridgehead atoms. The van der Waals surface area contributed by atoms with Crippen molar-refractivity contribution < 1.29 is 19.1 Å². The highest BCUT2D eigenvalue weighted by Gasteiger charge is 2.21. The number of methoxy groups -OCH3 is 1. The lowest BCUT2D eigenvalue weighted by Gasteiger charge is -2.16. The molecule has 6 nitrogen and oxygen atoms in total. The fourth-order valence-corrected chi connectivity index (χ4v) is 2.54. The number of thioether (sulfide) groups is 1. The SMILES string of the molecule is COC(=O)[C@@H](CCSC)NC(=O)CNC(=O)c1ccc(Cl)c(Cl)c1. The van der Waals surface area contributed by atoms with Crippen LogP contribution in [0.5, 0.6) is 0 Å². The van der Waals surface area contributed by atoms with Crippen LogP contribution in [0.1, 0.15) is 16.8 Å². The second-order valence-electron chi connectivity index (χ2n) is 4.74. The molecular formula is C15H18Cl2N2O4S. The van der Waals surface area contributed by atoms with E-state index >= 15 is 0 Å². The molecule has 0 radical (unpaired) electrons. The zero-order chi connectivity index (χ0) is 18.1. The van der Waals surface area contributed by atoms with Crippen molar-refractivity contribution in [1.82, 2.24) is 10.6 Å². The molecule has 0 saturated carbocycles. The summed E-state index contributed by atoms with van der Waals surface area (Å²) in [5, 5.41) is 5.58. The highest BCUT2D eigenvalue weighted by atomic mass is 35.5. The molecule has 2 amide bonds. The number of hydrogen-bond acceptors (Lipinski definition) is 5. The van der Waals surface area contributed by atoms with Crippen molar-refractivity contribution in [3.8, 4) is 0 Å². The Bertz CT molecular complexity index is 613. The van der Waals surface area contributed by atoms with E-state index in [-0.39, 0.29) is 17.1 Å². The first-order chi connectivity index (χ1) is 11.4. The van der Waals surface area contributed by atoms with Crippen molar-refractivity contribution in [1.29, 1.82) is 0 Å². The molecule has 132 valence electrons. The molecule has 0 aliphatic carbocycles. The highest BCUT2D eigenvalue weighted by Crippen LogP contribution is 2.22. The molecule has 0 unspecified atom stereocenters. The van der Waals surface area contributed by atoms with Gasteiger partial charge in [-0.1, -0.05) is 23.2 Å². The first kappa shape index (κ1) is 20.6. The van der Waals surface area contributed by atoms with Gasteiger partial charge in [-0.2, -0.15) is 11.8 Å². The monoisotopic (exact) mass is 392 g/mol. The molecule has 0 fully saturated rings. The van der Waals surface area contributed by atoms with Crippen LogP contribution in [0.4, 0.5) is 0 Å². The van der Waals surface area contributed by atoms with E-state index < -0.39 is 23.8 Å². The molecule has 1 rings (SSSR count). The van der Waals surface area contributed by atoms with E-state index in [0.29, 0.717) is 17.2 Å². The van der Waals surface area contributed by atoms with Gasteiger partial charge in [-0.3, -0.25) is 9.59 Å². The van der Waals surface area contributed by atoms with Gasteiger partial charge in [-0.05, 0) is 36.6 Å². The van der Waals surface area contributed by atoms with Crippen LogP contribution in [0.25, 0.3) is 0 Å². The van der Waals surface area contributed by atoms with Gasteiger partial charge in [-0.15, -0.1) is 0 Å². The summed E-state index contributed by atoms with van der Waals surface area (Å²) in [5.74, 6) is -0.786. The van der Waals surface area contributed by atoms with Crippen molar-refractivity contribution in [2.75, 3.05) is 25.7 Å². The van der Waals surface area contributed by atoms with Gasteiger partial charge in [0.25, 0.3) is 5.91 Å². The van der Waals surface area contributed by atoms with Crippen molar-refractivity contribution in [2.45, 2.75) is 12.5 Å². The van der Waals surface area contributed by atoms with E-state index in [9.17, 15) is 14.4 Å². The molecule has 24 heavy (non-hydrogen) atoms. The van der Waals surface area contributed by atoms with E-state index in [2.05, 4.69) is 15.4 Å². The Labute approximate surface area is 154 Å². The minimum atomic E-state index is -0.739. The molecule has 1 aromatic rings. The maximum absolute atomic E-state index is 12.0. The zero-order valence-electron chi connectivity index (χ0n) is 13.2. The average molecular weight is 393 g/mol. The van der Waals surface area contributed by atoms with Crippen LogP contribution in [-0.4, -0.2) is 49.5 Å². The number of carbonyl (C=O) groups is 3. The summed E-state index contributed by atoms with van der Waals surface area (Å²) in [6.07, 6.45) is 2.34. The molecule has 2 N–H and O–H groups in total. The van der Waals surface area contributed by atoms with Crippen molar-refractivity contribution in [3.63, 3.8) is 0 Å². The van der Waals surface area contributed by atoms with E-state index in [1.807, 2.05) is 6.26 Å². The third kappa shape index (κ3) is 6.59. The molecule has 0 spiro atoms. The zero-order valence-corrected chi connectivity index (χ0v) is 15.6. The number of nitrogens with one attached hydrogen (secondary N) is 2. The lowest BCUT2D eigenvalue weighted by molar-refractivity contribution is -0.145. The third-order valence-corrected chi connectivity index (χ3v) is 4.41. The fraction of sp³-hybridized carbons (Fsp3) is 0.400. The average Bonchev–Trinajstić information content (AvgIpc) is 2.58. The van der Waals surface area contributed by atoms with E-state index in [1.165, 1.54) is 25.3 Å². The van der Waals surface area contributed by atoms with Crippen LogP contribution >= 0.6 is 35.0 Å². The first-order valence-electron chi connectivity index (χ1n) is 6.98. The van der Waals surface area contributed by atoms with Crippen molar-refractivity contribution >= 4 is 52.7 Å². The Balaban J connectivity index is 2.55. The molecule has 0 heterocycles. The van der Waals surface area contributed by atoms with Gasteiger partial charge in [-0.25, -0.2) is 4.79 Å². The van der Waals surface area contributed by atoms with Crippen LogP contribution < -0.4 is 10.6 Å². The third-order valence-electron chi connectivity index (χ3n) is 3.02. The summed E-state index contributed by atoms with van der Waals surface area (Å²) in [5.41, 5.74) is 0.282. The summed E-state index contributed by atoms with van der Waals surface area (Å²) in [4.78, 5) is 35.5. The number of carbonyl (C=O) groups excluding carboxylic acids is 3. The number of benzene rings is 1. The molecule has 1 aromatic carbocycles. The Hall–Kier alpha value is -1.44. The molecule has 0 aromatic heterocycles. The lowest BCUT2D eigenvalue weighted by atomic mass is 10.2. The Kier molecular flexibility index (Phi) is 8.95. The molecule has 9 heteroatoms. The van der Waals surface area contributed by atoms with Gasteiger partial charge >= 0.3 is 5.97 Å². The second kappa shape index (κ2) is 10.4. The number of halogens is 2. The molecule has 0 aliphatic rings. The van der Waals surface area contributed by atoms with Crippen molar-refractivity contribution in [3.05, 3.63) is 33.8 Å². The largest absolute Gasteiger partial charge is 0.467 e. The number of amides is 2. The highest BCUT2D eigenvalue weighted by molar-refractivity contribution is 7.98. The minimum Gasteiger partial charge on any atom is -0.467 e. The number of ether oxygens (including phenoxy) is 1. The molecular weight excluding hydrogens is 375 g/mol. The minimum absolute atomic E-state index is 0.247. The van der Waals surface area contributed by atoms with Gasteiger partial charge in [0.15, 0.2) is 0 Å².